The van der Waals surface area contributed by atoms with Crippen molar-refractivity contribution in [1.82, 2.24) is 4.98 Å². The standard InChI is InChI=1S/C18H15N3O3S/c22-17(19-14-6-8-16(9-7-14)21(23)24)11-15-12-25-18(20-15)10-13-4-2-1-3-5-13/h1-9,12H,10-11H2,(H,19,22). The number of benzene rings is 2. The van der Waals surface area contributed by atoms with Gasteiger partial charge in [0.15, 0.2) is 0 Å². The first kappa shape index (κ1) is 16.8. The maximum Gasteiger partial charge on any atom is 0.269 e. The number of non-ortho nitro benzene ring substituents is 1. The molecule has 0 fully saturated rings. The van der Waals surface area contributed by atoms with Gasteiger partial charge in [0.2, 0.25) is 5.91 Å². The molecular formula is C18H15N3O3S. The van der Waals surface area contributed by atoms with E-state index in [9.17, 15) is 14.9 Å². The molecule has 0 saturated heterocycles. The first-order valence-electron chi connectivity index (χ1n) is 7.61. The lowest BCUT2D eigenvalue weighted by molar-refractivity contribution is -0.384. The molecule has 7 heteroatoms. The van der Waals surface area contributed by atoms with Crippen LogP contribution in [-0.4, -0.2) is 15.8 Å². The predicted octanol–water partition coefficient (Wildman–Crippen LogP) is 3.82. The van der Waals surface area contributed by atoms with Gasteiger partial charge in [-0.2, -0.15) is 0 Å². The van der Waals surface area contributed by atoms with Gasteiger partial charge in [-0.3, -0.25) is 14.9 Å². The number of nitrogens with zero attached hydrogens (tertiary/aromatic N) is 2. The minimum absolute atomic E-state index is 0.0111. The van der Waals surface area contributed by atoms with Crippen LogP contribution in [0.4, 0.5) is 11.4 Å². The highest BCUT2D eigenvalue weighted by molar-refractivity contribution is 7.09. The second-order valence-electron chi connectivity index (χ2n) is 5.42. The van der Waals surface area contributed by atoms with E-state index < -0.39 is 4.92 Å². The van der Waals surface area contributed by atoms with Gasteiger partial charge in [-0.05, 0) is 17.7 Å². The first-order chi connectivity index (χ1) is 12.1. The van der Waals surface area contributed by atoms with E-state index in [0.717, 1.165) is 17.1 Å². The number of anilines is 1. The number of nitro benzene ring substituents is 1. The zero-order chi connectivity index (χ0) is 17.6. The van der Waals surface area contributed by atoms with Gasteiger partial charge in [-0.25, -0.2) is 4.98 Å². The highest BCUT2D eigenvalue weighted by atomic mass is 32.1. The summed E-state index contributed by atoms with van der Waals surface area (Å²) in [5, 5.41) is 16.2. The fourth-order valence-corrected chi connectivity index (χ4v) is 3.15. The van der Waals surface area contributed by atoms with Gasteiger partial charge in [0, 0.05) is 29.6 Å². The van der Waals surface area contributed by atoms with E-state index in [-0.39, 0.29) is 18.0 Å². The van der Waals surface area contributed by atoms with E-state index in [1.807, 2.05) is 35.7 Å². The summed E-state index contributed by atoms with van der Waals surface area (Å²) >= 11 is 1.53. The molecule has 1 heterocycles. The third-order valence-corrected chi connectivity index (χ3v) is 4.40. The average molecular weight is 353 g/mol. The summed E-state index contributed by atoms with van der Waals surface area (Å²) < 4.78 is 0. The van der Waals surface area contributed by atoms with Gasteiger partial charge in [0.1, 0.15) is 0 Å². The molecule has 126 valence electrons. The van der Waals surface area contributed by atoms with Crippen molar-refractivity contribution in [1.29, 1.82) is 0 Å². The Kier molecular flexibility index (Phi) is 5.15. The summed E-state index contributed by atoms with van der Waals surface area (Å²) in [4.78, 5) is 26.7. The fraction of sp³-hybridized carbons (Fsp3) is 0.111. The van der Waals surface area contributed by atoms with Crippen molar-refractivity contribution in [2.45, 2.75) is 12.8 Å². The Hall–Kier alpha value is -3.06. The van der Waals surface area contributed by atoms with E-state index in [2.05, 4.69) is 10.3 Å². The average Bonchev–Trinajstić information content (AvgIpc) is 3.03. The quantitative estimate of drug-likeness (QED) is 0.539. The molecule has 6 nitrogen and oxygen atoms in total. The number of aromatic nitrogens is 1. The predicted molar refractivity (Wildman–Crippen MR) is 96.8 cm³/mol. The Balaban J connectivity index is 1.57. The van der Waals surface area contributed by atoms with Gasteiger partial charge in [0.25, 0.3) is 5.69 Å². The van der Waals surface area contributed by atoms with Crippen molar-refractivity contribution >= 4 is 28.6 Å². The van der Waals surface area contributed by atoms with Crippen molar-refractivity contribution in [3.05, 3.63) is 86.4 Å². The van der Waals surface area contributed by atoms with Gasteiger partial charge in [-0.1, -0.05) is 30.3 Å². The minimum Gasteiger partial charge on any atom is -0.326 e. The molecule has 0 unspecified atom stereocenters. The molecule has 0 bridgehead atoms. The van der Waals surface area contributed by atoms with E-state index >= 15 is 0 Å². The number of hydrogen-bond donors (Lipinski definition) is 1. The van der Waals surface area contributed by atoms with Gasteiger partial charge < -0.3 is 5.32 Å². The Morgan fingerprint density at radius 3 is 2.52 bits per heavy atom. The monoisotopic (exact) mass is 353 g/mol. The SMILES string of the molecule is O=C(Cc1csc(Cc2ccccc2)n1)Nc1ccc([N+](=O)[O-])cc1. The smallest absolute Gasteiger partial charge is 0.269 e. The summed E-state index contributed by atoms with van der Waals surface area (Å²) in [5.74, 6) is -0.203. The third-order valence-electron chi connectivity index (χ3n) is 3.50. The van der Waals surface area contributed by atoms with Crippen LogP contribution >= 0.6 is 11.3 Å². The van der Waals surface area contributed by atoms with Crippen molar-refractivity contribution in [3.8, 4) is 0 Å². The van der Waals surface area contributed by atoms with Crippen LogP contribution in [0.5, 0.6) is 0 Å². The maximum absolute atomic E-state index is 12.1. The van der Waals surface area contributed by atoms with Crippen molar-refractivity contribution in [2.75, 3.05) is 5.32 Å². The molecule has 1 amide bonds. The highest BCUT2D eigenvalue weighted by Crippen LogP contribution is 2.17. The summed E-state index contributed by atoms with van der Waals surface area (Å²) in [6, 6.07) is 15.8. The Labute approximate surface area is 148 Å². The van der Waals surface area contributed by atoms with Crippen LogP contribution in [0.2, 0.25) is 0 Å². The summed E-state index contributed by atoms with van der Waals surface area (Å²) in [7, 11) is 0. The van der Waals surface area contributed by atoms with Gasteiger partial charge in [0.05, 0.1) is 22.0 Å². The number of rotatable bonds is 6. The summed E-state index contributed by atoms with van der Waals surface area (Å²) in [6.45, 7) is 0. The number of nitro groups is 1. The Bertz CT molecular complexity index is 876. The lowest BCUT2D eigenvalue weighted by atomic mass is 10.2. The molecule has 0 atom stereocenters. The number of amides is 1. The van der Waals surface area contributed by atoms with Crippen molar-refractivity contribution in [3.63, 3.8) is 0 Å². The molecule has 2 aromatic carbocycles. The van der Waals surface area contributed by atoms with Crippen LogP contribution in [0.1, 0.15) is 16.3 Å². The number of nitrogens with one attached hydrogen (secondary N) is 1. The maximum atomic E-state index is 12.1. The fourth-order valence-electron chi connectivity index (χ4n) is 2.32. The van der Waals surface area contributed by atoms with E-state index in [0.29, 0.717) is 5.69 Å². The molecule has 1 N–H and O–H groups in total. The van der Waals surface area contributed by atoms with E-state index in [1.54, 1.807) is 0 Å². The highest BCUT2D eigenvalue weighted by Gasteiger charge is 2.10. The number of carbonyl (C=O) groups excluding carboxylic acids is 1. The zero-order valence-electron chi connectivity index (χ0n) is 13.2. The summed E-state index contributed by atoms with van der Waals surface area (Å²) in [6.07, 6.45) is 0.914. The van der Waals surface area contributed by atoms with Crippen LogP contribution in [0, 0.1) is 10.1 Å². The van der Waals surface area contributed by atoms with E-state index in [1.165, 1.54) is 41.2 Å². The van der Waals surface area contributed by atoms with Crippen LogP contribution in [-0.2, 0) is 17.6 Å². The molecule has 0 aliphatic heterocycles. The molecule has 0 radical (unpaired) electrons. The summed E-state index contributed by atoms with van der Waals surface area (Å²) in [5.41, 5.74) is 2.41. The second-order valence-corrected chi connectivity index (χ2v) is 6.37. The zero-order valence-corrected chi connectivity index (χ0v) is 14.0. The minimum atomic E-state index is -0.477. The molecule has 0 aliphatic rings. The number of thiazole rings is 1. The molecule has 0 aliphatic carbocycles. The number of hydrogen-bond acceptors (Lipinski definition) is 5. The Morgan fingerprint density at radius 1 is 1.12 bits per heavy atom. The van der Waals surface area contributed by atoms with Crippen LogP contribution in [0.25, 0.3) is 0 Å². The van der Waals surface area contributed by atoms with E-state index in [4.69, 9.17) is 0 Å². The molecule has 0 spiro atoms. The largest absolute Gasteiger partial charge is 0.326 e. The molecule has 3 aromatic rings. The third kappa shape index (κ3) is 4.71. The van der Waals surface area contributed by atoms with Gasteiger partial charge >= 0.3 is 0 Å². The first-order valence-corrected chi connectivity index (χ1v) is 8.49. The van der Waals surface area contributed by atoms with Crippen molar-refractivity contribution in [2.24, 2.45) is 0 Å². The van der Waals surface area contributed by atoms with Crippen LogP contribution in [0.15, 0.2) is 60.0 Å². The van der Waals surface area contributed by atoms with Gasteiger partial charge in [-0.15, -0.1) is 11.3 Å². The number of carbonyl (C=O) groups is 1. The normalized spacial score (nSPS) is 10.4. The molecular weight excluding hydrogens is 338 g/mol. The van der Waals surface area contributed by atoms with Crippen molar-refractivity contribution < 1.29 is 9.72 Å². The second kappa shape index (κ2) is 7.67. The lowest BCUT2D eigenvalue weighted by Gasteiger charge is -2.03. The Morgan fingerprint density at radius 2 is 1.84 bits per heavy atom. The topological polar surface area (TPSA) is 85.1 Å². The molecule has 1 aromatic heterocycles. The molecule has 25 heavy (non-hydrogen) atoms. The molecule has 0 saturated carbocycles. The van der Waals surface area contributed by atoms with Crippen LogP contribution in [0.3, 0.4) is 0 Å². The van der Waals surface area contributed by atoms with Crippen LogP contribution < -0.4 is 5.32 Å². The molecule has 3 rings (SSSR count). The lowest BCUT2D eigenvalue weighted by Crippen LogP contribution is -2.14.